The van der Waals surface area contributed by atoms with Crippen LogP contribution < -0.4 is 5.32 Å². The largest absolute Gasteiger partial charge is 0.465 e. The van der Waals surface area contributed by atoms with Gasteiger partial charge in [-0.1, -0.05) is 0 Å². The molecule has 1 aromatic rings. The third kappa shape index (κ3) is 3.53. The highest BCUT2D eigenvalue weighted by molar-refractivity contribution is 7.85. The Morgan fingerprint density at radius 2 is 2.11 bits per heavy atom. The molecule has 19 heavy (non-hydrogen) atoms. The Kier molecular flexibility index (Phi) is 4.52. The van der Waals surface area contributed by atoms with E-state index in [1.807, 2.05) is 0 Å². The van der Waals surface area contributed by atoms with E-state index in [1.54, 1.807) is 0 Å². The lowest BCUT2D eigenvalue weighted by Gasteiger charge is -2.24. The third-order valence-corrected chi connectivity index (χ3v) is 4.52. The van der Waals surface area contributed by atoms with Crippen LogP contribution in [0.4, 0.5) is 10.1 Å². The van der Waals surface area contributed by atoms with Crippen molar-refractivity contribution in [1.82, 2.24) is 0 Å². The lowest BCUT2D eigenvalue weighted by Crippen LogP contribution is -2.30. The van der Waals surface area contributed by atoms with E-state index in [2.05, 4.69) is 10.1 Å². The summed E-state index contributed by atoms with van der Waals surface area (Å²) < 4.78 is 29.1. The lowest BCUT2D eigenvalue weighted by atomic mass is 10.1. The van der Waals surface area contributed by atoms with Gasteiger partial charge in [-0.2, -0.15) is 0 Å². The maximum absolute atomic E-state index is 13.2. The van der Waals surface area contributed by atoms with Gasteiger partial charge in [0, 0.05) is 34.0 Å². The zero-order valence-corrected chi connectivity index (χ0v) is 11.5. The normalized spacial score (nSPS) is 22.8. The fraction of sp³-hybridized carbons (Fsp3) is 0.462. The van der Waals surface area contributed by atoms with Gasteiger partial charge in [0.15, 0.2) is 0 Å². The van der Waals surface area contributed by atoms with Gasteiger partial charge in [0.25, 0.3) is 0 Å². The summed E-state index contributed by atoms with van der Waals surface area (Å²) in [7, 11) is 0.535. The van der Waals surface area contributed by atoms with Gasteiger partial charge in [-0.15, -0.1) is 0 Å². The quantitative estimate of drug-likeness (QED) is 0.862. The maximum Gasteiger partial charge on any atom is 0.340 e. The highest BCUT2D eigenvalue weighted by atomic mass is 32.2. The summed E-state index contributed by atoms with van der Waals surface area (Å²) in [6.07, 6.45) is 1.56. The zero-order valence-electron chi connectivity index (χ0n) is 10.6. The number of carbonyl (C=O) groups excluding carboxylic acids is 1. The molecular weight excluding hydrogens is 269 g/mol. The van der Waals surface area contributed by atoms with Crippen molar-refractivity contribution in [3.05, 3.63) is 29.6 Å². The van der Waals surface area contributed by atoms with Gasteiger partial charge in [0.2, 0.25) is 0 Å². The minimum Gasteiger partial charge on any atom is -0.465 e. The van der Waals surface area contributed by atoms with E-state index >= 15 is 0 Å². The molecule has 104 valence electrons. The molecular formula is C13H16FNO3S. The molecule has 1 saturated heterocycles. The van der Waals surface area contributed by atoms with Crippen molar-refractivity contribution < 1.29 is 18.1 Å². The molecule has 0 aromatic heterocycles. The number of methoxy groups -OCH3 is 1. The number of esters is 1. The summed E-state index contributed by atoms with van der Waals surface area (Å²) in [4.78, 5) is 11.6. The van der Waals surface area contributed by atoms with Crippen molar-refractivity contribution in [2.75, 3.05) is 23.9 Å². The average Bonchev–Trinajstić information content (AvgIpc) is 2.42. The molecule has 4 nitrogen and oxygen atoms in total. The molecule has 1 aliphatic heterocycles. The third-order valence-electron chi connectivity index (χ3n) is 3.13. The number of hydrogen-bond acceptors (Lipinski definition) is 4. The van der Waals surface area contributed by atoms with Gasteiger partial charge in [-0.05, 0) is 31.0 Å². The summed E-state index contributed by atoms with van der Waals surface area (Å²) in [5, 5.41) is 3.21. The van der Waals surface area contributed by atoms with Crippen molar-refractivity contribution >= 4 is 22.5 Å². The number of rotatable bonds is 3. The van der Waals surface area contributed by atoms with Crippen molar-refractivity contribution in [3.63, 3.8) is 0 Å². The monoisotopic (exact) mass is 285 g/mol. The fourth-order valence-corrected chi connectivity index (χ4v) is 3.38. The van der Waals surface area contributed by atoms with Crippen LogP contribution in [0.1, 0.15) is 23.2 Å². The highest BCUT2D eigenvalue weighted by Crippen LogP contribution is 2.22. The summed E-state index contributed by atoms with van der Waals surface area (Å²) >= 11 is 0. The summed E-state index contributed by atoms with van der Waals surface area (Å²) in [6.45, 7) is 0. The first-order chi connectivity index (χ1) is 9.10. The zero-order chi connectivity index (χ0) is 13.8. The van der Waals surface area contributed by atoms with E-state index in [4.69, 9.17) is 0 Å². The molecule has 0 amide bonds. The van der Waals surface area contributed by atoms with Crippen molar-refractivity contribution in [2.24, 2.45) is 0 Å². The molecule has 0 spiro atoms. The van der Waals surface area contributed by atoms with Crippen LogP contribution >= 0.6 is 0 Å². The second-order valence-electron chi connectivity index (χ2n) is 4.45. The number of benzene rings is 1. The number of halogens is 1. The second kappa shape index (κ2) is 6.14. The predicted molar refractivity (Wildman–Crippen MR) is 72.3 cm³/mol. The van der Waals surface area contributed by atoms with Crippen molar-refractivity contribution in [3.8, 4) is 0 Å². The Bertz CT molecular complexity index is 497. The molecule has 1 fully saturated rings. The maximum atomic E-state index is 13.2. The van der Waals surface area contributed by atoms with Crippen LogP contribution in [0.2, 0.25) is 0 Å². The van der Waals surface area contributed by atoms with Crippen LogP contribution in [0.25, 0.3) is 0 Å². The molecule has 0 radical (unpaired) electrons. The molecule has 1 aliphatic rings. The molecule has 1 aromatic carbocycles. The lowest BCUT2D eigenvalue weighted by molar-refractivity contribution is 0.0601. The number of anilines is 1. The van der Waals surface area contributed by atoms with Crippen LogP contribution in [0, 0.1) is 5.82 Å². The van der Waals surface area contributed by atoms with Crippen LogP contribution in [-0.4, -0.2) is 34.8 Å². The van der Waals surface area contributed by atoms with Crippen molar-refractivity contribution in [1.29, 1.82) is 0 Å². The van der Waals surface area contributed by atoms with Crippen LogP contribution in [0.3, 0.4) is 0 Å². The Morgan fingerprint density at radius 3 is 2.74 bits per heavy atom. The van der Waals surface area contributed by atoms with E-state index in [0.29, 0.717) is 17.2 Å². The molecule has 0 bridgehead atoms. The fourth-order valence-electron chi connectivity index (χ4n) is 2.08. The molecule has 2 rings (SSSR count). The second-order valence-corrected chi connectivity index (χ2v) is 6.14. The summed E-state index contributed by atoms with van der Waals surface area (Å²) in [6, 6.07) is 4.16. The smallest absolute Gasteiger partial charge is 0.340 e. The van der Waals surface area contributed by atoms with E-state index in [9.17, 15) is 13.4 Å². The van der Waals surface area contributed by atoms with Crippen LogP contribution in [0.15, 0.2) is 18.2 Å². The average molecular weight is 285 g/mol. The van der Waals surface area contributed by atoms with E-state index < -0.39 is 22.6 Å². The Labute approximate surface area is 113 Å². The van der Waals surface area contributed by atoms with Gasteiger partial charge in [-0.25, -0.2) is 9.18 Å². The van der Waals surface area contributed by atoms with Gasteiger partial charge >= 0.3 is 5.97 Å². The molecule has 1 heterocycles. The molecule has 6 heteroatoms. The Balaban J connectivity index is 2.15. The first kappa shape index (κ1) is 14.0. The molecule has 1 N–H and O–H groups in total. The standard InChI is InChI=1S/C13H16FNO3S/c1-18-13(16)11-8-9(14)2-3-12(11)15-10-4-6-19(17)7-5-10/h2-3,8,10,15H,4-7H2,1H3. The topological polar surface area (TPSA) is 55.4 Å². The van der Waals surface area contributed by atoms with Gasteiger partial charge in [0.05, 0.1) is 12.7 Å². The van der Waals surface area contributed by atoms with Gasteiger partial charge in [-0.3, -0.25) is 4.21 Å². The molecule has 0 saturated carbocycles. The minimum absolute atomic E-state index is 0.159. The van der Waals surface area contributed by atoms with Crippen LogP contribution in [0.5, 0.6) is 0 Å². The van der Waals surface area contributed by atoms with Gasteiger partial charge in [0.1, 0.15) is 5.82 Å². The molecule has 0 aliphatic carbocycles. The number of nitrogens with one attached hydrogen (secondary N) is 1. The van der Waals surface area contributed by atoms with Crippen molar-refractivity contribution in [2.45, 2.75) is 18.9 Å². The molecule has 0 unspecified atom stereocenters. The summed E-state index contributed by atoms with van der Waals surface area (Å²) in [5.74, 6) is 0.274. The Hall–Kier alpha value is -1.43. The van der Waals surface area contributed by atoms with E-state index in [1.165, 1.54) is 19.2 Å². The number of carbonyl (C=O) groups is 1. The number of hydrogen-bond donors (Lipinski definition) is 1. The first-order valence-corrected chi connectivity index (χ1v) is 7.58. The molecule has 0 atom stereocenters. The van der Waals surface area contributed by atoms with Gasteiger partial charge < -0.3 is 10.1 Å². The minimum atomic E-state index is -0.730. The first-order valence-electron chi connectivity index (χ1n) is 6.09. The number of ether oxygens (including phenoxy) is 1. The van der Waals surface area contributed by atoms with E-state index in [0.717, 1.165) is 18.9 Å². The predicted octanol–water partition coefficient (Wildman–Crippen LogP) is 1.94. The highest BCUT2D eigenvalue weighted by Gasteiger charge is 2.20. The summed E-state index contributed by atoms with van der Waals surface area (Å²) in [5.41, 5.74) is 0.750. The Morgan fingerprint density at radius 1 is 1.42 bits per heavy atom. The van der Waals surface area contributed by atoms with Crippen LogP contribution in [-0.2, 0) is 15.5 Å². The SMILES string of the molecule is COC(=O)c1cc(F)ccc1NC1CCS(=O)CC1. The van der Waals surface area contributed by atoms with E-state index in [-0.39, 0.29) is 11.6 Å².